The largest absolute Gasteiger partial charge is 0.489 e. The van der Waals surface area contributed by atoms with Crippen LogP contribution in [0.5, 0.6) is 5.75 Å². The molecule has 0 saturated carbocycles. The Morgan fingerprint density at radius 3 is 2.38 bits per heavy atom. The summed E-state index contributed by atoms with van der Waals surface area (Å²) < 4.78 is 45.6. The van der Waals surface area contributed by atoms with E-state index in [9.17, 15) is 13.2 Å². The van der Waals surface area contributed by atoms with Crippen LogP contribution < -0.4 is 4.74 Å². The van der Waals surface area contributed by atoms with Gasteiger partial charge in [-0.25, -0.2) is 0 Å². The molecule has 1 unspecified atom stereocenters. The minimum absolute atomic E-state index is 0.0831. The predicted molar refractivity (Wildman–Crippen MR) is 109 cm³/mol. The van der Waals surface area contributed by atoms with Crippen LogP contribution in [0.4, 0.5) is 13.2 Å². The van der Waals surface area contributed by atoms with Crippen LogP contribution in [-0.2, 0) is 19.0 Å². The number of alkyl halides is 3. The maximum atomic E-state index is 13.3. The Hall–Kier alpha value is -3.01. The van der Waals surface area contributed by atoms with E-state index in [2.05, 4.69) is 36.4 Å². The normalized spacial score (nSPS) is 16.7. The lowest BCUT2D eigenvalue weighted by Crippen LogP contribution is -2.26. The highest BCUT2D eigenvalue weighted by atomic mass is 19.4. The zero-order chi connectivity index (χ0) is 20.0. The summed E-state index contributed by atoms with van der Waals surface area (Å²) in [6.45, 7) is 0. The van der Waals surface area contributed by atoms with E-state index in [-0.39, 0.29) is 11.9 Å². The highest BCUT2D eigenvalue weighted by Gasteiger charge is 2.35. The Balaban J connectivity index is 1.48. The van der Waals surface area contributed by atoms with Crippen molar-refractivity contribution in [3.05, 3.63) is 89.5 Å². The smallest absolute Gasteiger partial charge is 0.419 e. The lowest BCUT2D eigenvalue weighted by Gasteiger charge is -2.28. The zero-order valence-corrected chi connectivity index (χ0v) is 15.7. The van der Waals surface area contributed by atoms with Crippen LogP contribution in [-0.4, -0.2) is 6.10 Å². The first-order valence-electron chi connectivity index (χ1n) is 9.76. The van der Waals surface area contributed by atoms with E-state index in [1.807, 2.05) is 12.1 Å². The fourth-order valence-corrected chi connectivity index (χ4v) is 4.42. The lowest BCUT2D eigenvalue weighted by molar-refractivity contribution is -0.139. The number of rotatable bonds is 2. The summed E-state index contributed by atoms with van der Waals surface area (Å²) in [5, 5.41) is 4.89. The summed E-state index contributed by atoms with van der Waals surface area (Å²) in [5.74, 6) is -0.0831. The van der Waals surface area contributed by atoms with Gasteiger partial charge in [-0.15, -0.1) is 0 Å². The van der Waals surface area contributed by atoms with E-state index in [0.717, 1.165) is 18.1 Å². The van der Waals surface area contributed by atoms with Crippen molar-refractivity contribution >= 4 is 21.5 Å². The zero-order valence-electron chi connectivity index (χ0n) is 15.7. The number of halogens is 3. The molecule has 4 aromatic rings. The molecule has 0 radical (unpaired) electrons. The minimum Gasteiger partial charge on any atom is -0.489 e. The van der Waals surface area contributed by atoms with Crippen molar-refractivity contribution in [1.82, 2.24) is 0 Å². The summed E-state index contributed by atoms with van der Waals surface area (Å²) in [6, 6.07) is 22.3. The molecule has 0 spiro atoms. The first-order valence-corrected chi connectivity index (χ1v) is 9.76. The molecule has 1 aliphatic rings. The Morgan fingerprint density at radius 2 is 1.52 bits per heavy atom. The molecule has 4 aromatic carbocycles. The van der Waals surface area contributed by atoms with Crippen LogP contribution in [0.1, 0.15) is 23.1 Å². The van der Waals surface area contributed by atoms with Crippen molar-refractivity contribution in [3.8, 4) is 5.75 Å². The van der Waals surface area contributed by atoms with E-state index < -0.39 is 11.7 Å². The third kappa shape index (κ3) is 3.23. The molecular weight excluding hydrogens is 373 g/mol. The van der Waals surface area contributed by atoms with Crippen LogP contribution in [0.2, 0.25) is 0 Å². The number of aryl methyl sites for hydroxylation is 1. The topological polar surface area (TPSA) is 9.23 Å². The molecule has 146 valence electrons. The number of benzene rings is 4. The first-order chi connectivity index (χ1) is 14.0. The summed E-state index contributed by atoms with van der Waals surface area (Å²) in [6.07, 6.45) is -2.57. The van der Waals surface area contributed by atoms with E-state index in [4.69, 9.17) is 4.74 Å². The molecule has 4 heteroatoms. The molecule has 0 bridgehead atoms. The third-order valence-corrected chi connectivity index (χ3v) is 5.78. The minimum atomic E-state index is -4.42. The number of fused-ring (bicyclic) bond motifs is 5. The standard InChI is InChI=1S/C25H19F3O/c26-25(27,28)23-7-3-4-8-24(23)29-18-11-14-20-17(15-18)10-13-21-19-6-2-1-5-16(19)9-12-22(20)21/h1-10,12-13,18H,11,14-15H2. The summed E-state index contributed by atoms with van der Waals surface area (Å²) in [7, 11) is 0. The Kier molecular flexibility index (Phi) is 4.23. The van der Waals surface area contributed by atoms with Gasteiger partial charge in [0.05, 0.1) is 5.56 Å². The first kappa shape index (κ1) is 18.0. The molecule has 1 nitrogen and oxygen atoms in total. The molecular formula is C25H19F3O. The van der Waals surface area contributed by atoms with Crippen molar-refractivity contribution in [2.75, 3.05) is 0 Å². The maximum Gasteiger partial charge on any atom is 0.419 e. The van der Waals surface area contributed by atoms with Gasteiger partial charge in [-0.2, -0.15) is 13.2 Å². The highest BCUT2D eigenvalue weighted by molar-refractivity contribution is 6.08. The molecule has 0 aliphatic heterocycles. The van der Waals surface area contributed by atoms with Crippen LogP contribution in [0.3, 0.4) is 0 Å². The Labute approximate surface area is 166 Å². The summed E-state index contributed by atoms with van der Waals surface area (Å²) >= 11 is 0. The highest BCUT2D eigenvalue weighted by Crippen LogP contribution is 2.38. The third-order valence-electron chi connectivity index (χ3n) is 5.78. The number of para-hydroxylation sites is 1. The fraction of sp³-hybridized carbons (Fsp3) is 0.200. The molecule has 5 rings (SSSR count). The molecule has 0 fully saturated rings. The van der Waals surface area contributed by atoms with Gasteiger partial charge in [0.15, 0.2) is 0 Å². The Morgan fingerprint density at radius 1 is 0.759 bits per heavy atom. The van der Waals surface area contributed by atoms with Gasteiger partial charge < -0.3 is 4.74 Å². The number of ether oxygens (including phenoxy) is 1. The maximum absolute atomic E-state index is 13.3. The molecule has 0 N–H and O–H groups in total. The number of hydrogen-bond acceptors (Lipinski definition) is 1. The van der Waals surface area contributed by atoms with Crippen molar-refractivity contribution in [2.24, 2.45) is 0 Å². The van der Waals surface area contributed by atoms with Crippen molar-refractivity contribution in [1.29, 1.82) is 0 Å². The van der Waals surface area contributed by atoms with E-state index in [0.29, 0.717) is 12.8 Å². The molecule has 0 heterocycles. The lowest BCUT2D eigenvalue weighted by atomic mass is 9.85. The Bertz CT molecular complexity index is 1210. The SMILES string of the molecule is FC(F)(F)c1ccccc1OC1CCc2c(ccc3c2ccc2ccccc23)C1. The van der Waals surface area contributed by atoms with Gasteiger partial charge in [0.2, 0.25) is 0 Å². The van der Waals surface area contributed by atoms with Gasteiger partial charge in [-0.3, -0.25) is 0 Å². The number of hydrogen-bond donors (Lipinski definition) is 0. The second kappa shape index (κ2) is 6.80. The second-order valence-electron chi connectivity index (χ2n) is 7.56. The van der Waals surface area contributed by atoms with Crippen LogP contribution in [0, 0.1) is 0 Å². The molecule has 0 saturated heterocycles. The van der Waals surface area contributed by atoms with Gasteiger partial charge in [0.25, 0.3) is 0 Å². The molecule has 29 heavy (non-hydrogen) atoms. The monoisotopic (exact) mass is 392 g/mol. The van der Waals surface area contributed by atoms with E-state index in [1.165, 1.54) is 39.2 Å². The van der Waals surface area contributed by atoms with Crippen molar-refractivity contribution in [2.45, 2.75) is 31.5 Å². The van der Waals surface area contributed by atoms with E-state index >= 15 is 0 Å². The van der Waals surface area contributed by atoms with Crippen molar-refractivity contribution in [3.63, 3.8) is 0 Å². The van der Waals surface area contributed by atoms with Crippen molar-refractivity contribution < 1.29 is 17.9 Å². The van der Waals surface area contributed by atoms with Gasteiger partial charge in [-0.05, 0) is 57.6 Å². The molecule has 0 aromatic heterocycles. The predicted octanol–water partition coefficient (Wildman–Crippen LogP) is 6.95. The van der Waals surface area contributed by atoms with Gasteiger partial charge >= 0.3 is 6.18 Å². The molecule has 0 amide bonds. The summed E-state index contributed by atoms with van der Waals surface area (Å²) in [4.78, 5) is 0. The van der Waals surface area contributed by atoms with Gasteiger partial charge in [0, 0.05) is 6.42 Å². The molecule has 1 aliphatic carbocycles. The van der Waals surface area contributed by atoms with Crippen LogP contribution >= 0.6 is 0 Å². The van der Waals surface area contributed by atoms with Gasteiger partial charge in [0.1, 0.15) is 11.9 Å². The average Bonchev–Trinajstić information content (AvgIpc) is 2.72. The molecule has 1 atom stereocenters. The van der Waals surface area contributed by atoms with Crippen LogP contribution in [0.25, 0.3) is 21.5 Å². The van der Waals surface area contributed by atoms with E-state index in [1.54, 1.807) is 6.07 Å². The summed E-state index contributed by atoms with van der Waals surface area (Å²) in [5.41, 5.74) is 1.74. The average molecular weight is 392 g/mol. The van der Waals surface area contributed by atoms with Gasteiger partial charge in [-0.1, -0.05) is 60.7 Å². The fourth-order valence-electron chi connectivity index (χ4n) is 4.42. The second-order valence-corrected chi connectivity index (χ2v) is 7.56. The van der Waals surface area contributed by atoms with Crippen LogP contribution in [0.15, 0.2) is 72.8 Å². The quantitative estimate of drug-likeness (QED) is 0.336.